The van der Waals surface area contributed by atoms with Crippen molar-refractivity contribution in [3.8, 4) is 5.75 Å². The third-order valence-corrected chi connectivity index (χ3v) is 2.22. The summed E-state index contributed by atoms with van der Waals surface area (Å²) in [6.45, 7) is -1.01. The first kappa shape index (κ1) is 15.4. The standard InChI is InChI=1S/C12H14N2O6/c1-19-9-3-2-7(12(13)18)4-8(9)14-10(15)5-20-6-11(16)17/h2-4H,5-6H2,1H3,(H2,13,18)(H,14,15)(H,16,17). The first-order valence-electron chi connectivity index (χ1n) is 5.51. The van der Waals surface area contributed by atoms with E-state index in [1.807, 2.05) is 0 Å². The zero-order valence-corrected chi connectivity index (χ0v) is 10.7. The van der Waals surface area contributed by atoms with Crippen LogP contribution in [0.5, 0.6) is 5.75 Å². The third-order valence-electron chi connectivity index (χ3n) is 2.22. The minimum absolute atomic E-state index is 0.201. The lowest BCUT2D eigenvalue weighted by Gasteiger charge is -2.11. The summed E-state index contributed by atoms with van der Waals surface area (Å²) in [6, 6.07) is 4.29. The molecule has 1 aromatic rings. The molecule has 0 aromatic heterocycles. The maximum atomic E-state index is 11.5. The summed E-state index contributed by atoms with van der Waals surface area (Å²) in [5.41, 5.74) is 5.58. The summed E-state index contributed by atoms with van der Waals surface area (Å²) in [6.07, 6.45) is 0. The molecule has 0 spiro atoms. The summed E-state index contributed by atoms with van der Waals surface area (Å²) in [5.74, 6) is -2.07. The molecule has 0 aliphatic carbocycles. The average Bonchev–Trinajstić information content (AvgIpc) is 2.38. The van der Waals surface area contributed by atoms with E-state index < -0.39 is 31.0 Å². The summed E-state index contributed by atoms with van der Waals surface area (Å²) < 4.78 is 9.66. The van der Waals surface area contributed by atoms with E-state index >= 15 is 0 Å². The molecule has 0 aliphatic heterocycles. The van der Waals surface area contributed by atoms with Crippen LogP contribution in [0.4, 0.5) is 5.69 Å². The van der Waals surface area contributed by atoms with E-state index in [4.69, 9.17) is 15.6 Å². The number of nitrogens with one attached hydrogen (secondary N) is 1. The molecule has 0 fully saturated rings. The Bertz CT molecular complexity index is 529. The Morgan fingerprint density at radius 3 is 2.55 bits per heavy atom. The second-order valence-corrected chi connectivity index (χ2v) is 3.71. The van der Waals surface area contributed by atoms with Crippen molar-refractivity contribution >= 4 is 23.5 Å². The lowest BCUT2D eigenvalue weighted by atomic mass is 10.1. The van der Waals surface area contributed by atoms with Gasteiger partial charge in [-0.1, -0.05) is 0 Å². The number of carbonyl (C=O) groups is 3. The monoisotopic (exact) mass is 282 g/mol. The first-order chi connectivity index (χ1) is 9.43. The van der Waals surface area contributed by atoms with Crippen LogP contribution in [0.2, 0.25) is 0 Å². The Balaban J connectivity index is 2.74. The molecule has 20 heavy (non-hydrogen) atoms. The lowest BCUT2D eigenvalue weighted by Crippen LogP contribution is -2.21. The van der Waals surface area contributed by atoms with Crippen molar-refractivity contribution in [2.45, 2.75) is 0 Å². The fraction of sp³-hybridized carbons (Fsp3) is 0.250. The normalized spacial score (nSPS) is 9.85. The van der Waals surface area contributed by atoms with Crippen LogP contribution in [0.15, 0.2) is 18.2 Å². The number of rotatable bonds is 7. The second kappa shape index (κ2) is 7.10. The predicted molar refractivity (Wildman–Crippen MR) is 68.6 cm³/mol. The number of carboxylic acid groups (broad SMARTS) is 1. The molecular formula is C12H14N2O6. The Morgan fingerprint density at radius 1 is 1.30 bits per heavy atom. The Labute approximate surface area is 114 Å². The first-order valence-corrected chi connectivity index (χ1v) is 5.51. The summed E-state index contributed by atoms with van der Waals surface area (Å²) in [4.78, 5) is 32.8. The van der Waals surface area contributed by atoms with Crippen LogP contribution in [0.1, 0.15) is 10.4 Å². The number of nitrogens with two attached hydrogens (primary N) is 1. The van der Waals surface area contributed by atoms with Gasteiger partial charge in [0, 0.05) is 5.56 Å². The van der Waals surface area contributed by atoms with E-state index in [-0.39, 0.29) is 11.3 Å². The zero-order chi connectivity index (χ0) is 15.1. The predicted octanol–water partition coefficient (Wildman–Crippen LogP) is -0.166. The van der Waals surface area contributed by atoms with Gasteiger partial charge in [-0.2, -0.15) is 0 Å². The molecule has 0 heterocycles. The topological polar surface area (TPSA) is 128 Å². The van der Waals surface area contributed by atoms with Crippen molar-refractivity contribution in [1.29, 1.82) is 0 Å². The molecule has 8 nitrogen and oxygen atoms in total. The zero-order valence-electron chi connectivity index (χ0n) is 10.7. The van der Waals surface area contributed by atoms with Crippen molar-refractivity contribution < 1.29 is 29.0 Å². The number of hydrogen-bond acceptors (Lipinski definition) is 5. The lowest BCUT2D eigenvalue weighted by molar-refractivity contribution is -0.143. The number of primary amides is 1. The number of benzene rings is 1. The fourth-order valence-electron chi connectivity index (χ4n) is 1.38. The SMILES string of the molecule is COc1ccc(C(N)=O)cc1NC(=O)COCC(=O)O. The van der Waals surface area contributed by atoms with Crippen LogP contribution < -0.4 is 15.8 Å². The van der Waals surface area contributed by atoms with Gasteiger partial charge in [0.15, 0.2) is 0 Å². The van der Waals surface area contributed by atoms with Crippen LogP contribution in [-0.4, -0.2) is 43.2 Å². The van der Waals surface area contributed by atoms with Crippen LogP contribution in [0, 0.1) is 0 Å². The molecule has 108 valence electrons. The van der Waals surface area contributed by atoms with Gasteiger partial charge in [-0.15, -0.1) is 0 Å². The molecule has 1 aromatic carbocycles. The van der Waals surface area contributed by atoms with E-state index in [0.29, 0.717) is 5.75 Å². The number of amides is 2. The molecule has 0 saturated heterocycles. The molecule has 0 saturated carbocycles. The molecule has 0 unspecified atom stereocenters. The molecule has 1 rings (SSSR count). The minimum atomic E-state index is -1.17. The molecule has 0 radical (unpaired) electrons. The van der Waals surface area contributed by atoms with Crippen LogP contribution in [0.25, 0.3) is 0 Å². The smallest absolute Gasteiger partial charge is 0.329 e. The van der Waals surface area contributed by atoms with Gasteiger partial charge in [0.05, 0.1) is 12.8 Å². The number of methoxy groups -OCH3 is 1. The molecule has 4 N–H and O–H groups in total. The highest BCUT2D eigenvalue weighted by molar-refractivity contribution is 5.98. The molecule has 0 bridgehead atoms. The summed E-state index contributed by atoms with van der Waals surface area (Å²) in [7, 11) is 1.40. The molecule has 0 aliphatic rings. The largest absolute Gasteiger partial charge is 0.495 e. The van der Waals surface area contributed by atoms with E-state index in [0.717, 1.165) is 0 Å². The van der Waals surface area contributed by atoms with Gasteiger partial charge in [-0.3, -0.25) is 9.59 Å². The van der Waals surface area contributed by atoms with Gasteiger partial charge in [-0.25, -0.2) is 4.79 Å². The number of aliphatic carboxylic acids is 1. The van der Waals surface area contributed by atoms with Crippen molar-refractivity contribution in [1.82, 2.24) is 0 Å². The number of anilines is 1. The van der Waals surface area contributed by atoms with E-state index in [1.165, 1.54) is 25.3 Å². The Hall–Kier alpha value is -2.61. The van der Waals surface area contributed by atoms with Crippen molar-refractivity contribution in [2.24, 2.45) is 5.73 Å². The van der Waals surface area contributed by atoms with E-state index in [2.05, 4.69) is 10.1 Å². The maximum Gasteiger partial charge on any atom is 0.329 e. The number of carbonyl (C=O) groups excluding carboxylic acids is 2. The fourth-order valence-corrected chi connectivity index (χ4v) is 1.38. The number of carboxylic acids is 1. The van der Waals surface area contributed by atoms with E-state index in [1.54, 1.807) is 0 Å². The Morgan fingerprint density at radius 2 is 2.00 bits per heavy atom. The van der Waals surface area contributed by atoms with Crippen LogP contribution >= 0.6 is 0 Å². The highest BCUT2D eigenvalue weighted by atomic mass is 16.5. The highest BCUT2D eigenvalue weighted by Gasteiger charge is 2.11. The van der Waals surface area contributed by atoms with Gasteiger partial charge in [0.25, 0.3) is 0 Å². The van der Waals surface area contributed by atoms with Gasteiger partial charge in [-0.05, 0) is 18.2 Å². The van der Waals surface area contributed by atoms with E-state index in [9.17, 15) is 14.4 Å². The molecule has 0 atom stereocenters. The average molecular weight is 282 g/mol. The summed E-state index contributed by atoms with van der Waals surface area (Å²) >= 11 is 0. The quantitative estimate of drug-likeness (QED) is 0.637. The van der Waals surface area contributed by atoms with Gasteiger partial charge in [0.1, 0.15) is 19.0 Å². The van der Waals surface area contributed by atoms with Crippen molar-refractivity contribution in [2.75, 3.05) is 25.6 Å². The van der Waals surface area contributed by atoms with Crippen molar-refractivity contribution in [3.05, 3.63) is 23.8 Å². The minimum Gasteiger partial charge on any atom is -0.495 e. The maximum absolute atomic E-state index is 11.5. The van der Waals surface area contributed by atoms with Crippen molar-refractivity contribution in [3.63, 3.8) is 0 Å². The number of ether oxygens (including phenoxy) is 2. The van der Waals surface area contributed by atoms with Crippen LogP contribution in [0.3, 0.4) is 0 Å². The van der Waals surface area contributed by atoms with Crippen LogP contribution in [-0.2, 0) is 14.3 Å². The third kappa shape index (κ3) is 4.58. The highest BCUT2D eigenvalue weighted by Crippen LogP contribution is 2.25. The number of hydrogen-bond donors (Lipinski definition) is 3. The van der Waals surface area contributed by atoms with Gasteiger partial charge < -0.3 is 25.6 Å². The Kier molecular flexibility index (Phi) is 5.48. The van der Waals surface area contributed by atoms with Gasteiger partial charge >= 0.3 is 5.97 Å². The summed E-state index contributed by atoms with van der Waals surface area (Å²) in [5, 5.41) is 10.8. The van der Waals surface area contributed by atoms with Gasteiger partial charge in [0.2, 0.25) is 11.8 Å². The second-order valence-electron chi connectivity index (χ2n) is 3.71. The molecular weight excluding hydrogens is 268 g/mol. The molecule has 8 heteroatoms. The molecule has 2 amide bonds.